The number of fused-ring (bicyclic) bond motifs is 1. The number of nitrogens with two attached hydrogens (primary N) is 1. The Labute approximate surface area is 108 Å². The lowest BCUT2D eigenvalue weighted by Crippen LogP contribution is -2.62. The third-order valence-corrected chi connectivity index (χ3v) is 5.02. The summed E-state index contributed by atoms with van der Waals surface area (Å²) in [6, 6.07) is 5.44. The largest absolute Gasteiger partial charge is 0.508 e. The summed E-state index contributed by atoms with van der Waals surface area (Å²) in [7, 11) is 0. The van der Waals surface area contributed by atoms with Crippen molar-refractivity contribution < 1.29 is 10.2 Å². The number of aromatic hydroxyl groups is 1. The summed E-state index contributed by atoms with van der Waals surface area (Å²) in [5.41, 5.74) is 7.37. The molecule has 3 heteroatoms. The van der Waals surface area contributed by atoms with Crippen LogP contribution < -0.4 is 5.73 Å². The van der Waals surface area contributed by atoms with Crippen LogP contribution in [-0.2, 0) is 11.8 Å². The van der Waals surface area contributed by atoms with Gasteiger partial charge in [-0.15, -0.1) is 0 Å². The molecule has 18 heavy (non-hydrogen) atoms. The van der Waals surface area contributed by atoms with Crippen LogP contribution in [0.5, 0.6) is 5.75 Å². The molecule has 0 amide bonds. The summed E-state index contributed by atoms with van der Waals surface area (Å²) in [4.78, 5) is 0. The van der Waals surface area contributed by atoms with Crippen molar-refractivity contribution >= 4 is 0 Å². The molecule has 2 aliphatic rings. The topological polar surface area (TPSA) is 66.5 Å². The van der Waals surface area contributed by atoms with Crippen molar-refractivity contribution in [3.05, 3.63) is 29.3 Å². The summed E-state index contributed by atoms with van der Waals surface area (Å²) >= 11 is 0. The fourth-order valence-corrected chi connectivity index (χ4v) is 3.91. The Morgan fingerprint density at radius 1 is 1.17 bits per heavy atom. The summed E-state index contributed by atoms with van der Waals surface area (Å²) in [6.45, 7) is 0.487. The molecule has 4 N–H and O–H groups in total. The van der Waals surface area contributed by atoms with Gasteiger partial charge in [0.25, 0.3) is 0 Å². The summed E-state index contributed by atoms with van der Waals surface area (Å²) < 4.78 is 0. The van der Waals surface area contributed by atoms with Gasteiger partial charge in [0, 0.05) is 12.0 Å². The lowest BCUT2D eigenvalue weighted by molar-refractivity contribution is -0.0756. The molecule has 3 nitrogen and oxygen atoms in total. The van der Waals surface area contributed by atoms with Crippen LogP contribution in [0.1, 0.15) is 43.2 Å². The highest BCUT2D eigenvalue weighted by molar-refractivity contribution is 5.51. The van der Waals surface area contributed by atoms with Gasteiger partial charge < -0.3 is 15.9 Å². The SMILES string of the molecule is NCC1(C2(O)CCCCC2)Cc2cc(O)ccc21. The third kappa shape index (κ3) is 1.44. The maximum absolute atomic E-state index is 11.0. The van der Waals surface area contributed by atoms with Crippen LogP contribution in [0.3, 0.4) is 0 Å². The number of phenolic OH excluding ortho intramolecular Hbond substituents is 1. The Bertz CT molecular complexity index is 466. The molecule has 1 aromatic carbocycles. The number of aliphatic hydroxyl groups is 1. The van der Waals surface area contributed by atoms with Crippen molar-refractivity contribution in [3.8, 4) is 5.75 Å². The van der Waals surface area contributed by atoms with E-state index >= 15 is 0 Å². The molecule has 0 radical (unpaired) electrons. The lowest BCUT2D eigenvalue weighted by Gasteiger charge is -2.55. The minimum absolute atomic E-state index is 0.281. The van der Waals surface area contributed by atoms with Gasteiger partial charge in [-0.2, -0.15) is 0 Å². The third-order valence-electron chi connectivity index (χ3n) is 5.02. The Hall–Kier alpha value is -1.06. The minimum atomic E-state index is -0.649. The molecule has 0 bridgehead atoms. The van der Waals surface area contributed by atoms with Gasteiger partial charge >= 0.3 is 0 Å². The summed E-state index contributed by atoms with van der Waals surface area (Å²) in [5.74, 6) is 0.301. The van der Waals surface area contributed by atoms with E-state index in [1.165, 1.54) is 6.42 Å². The van der Waals surface area contributed by atoms with E-state index < -0.39 is 5.60 Å². The van der Waals surface area contributed by atoms with E-state index in [2.05, 4.69) is 0 Å². The molecule has 0 aromatic heterocycles. The van der Waals surface area contributed by atoms with Crippen LogP contribution in [0.2, 0.25) is 0 Å². The highest BCUT2D eigenvalue weighted by Gasteiger charge is 2.56. The Morgan fingerprint density at radius 3 is 2.50 bits per heavy atom. The average molecular weight is 247 g/mol. The van der Waals surface area contributed by atoms with Gasteiger partial charge in [-0.25, -0.2) is 0 Å². The summed E-state index contributed by atoms with van der Waals surface area (Å²) in [5, 5.41) is 20.5. The van der Waals surface area contributed by atoms with Gasteiger partial charge in [0.05, 0.1) is 5.60 Å². The van der Waals surface area contributed by atoms with Crippen molar-refractivity contribution in [3.63, 3.8) is 0 Å². The molecule has 1 atom stereocenters. The van der Waals surface area contributed by atoms with Crippen LogP contribution in [0.15, 0.2) is 18.2 Å². The maximum Gasteiger partial charge on any atom is 0.115 e. The number of hydrogen-bond acceptors (Lipinski definition) is 3. The van der Waals surface area contributed by atoms with E-state index in [0.29, 0.717) is 12.3 Å². The van der Waals surface area contributed by atoms with Gasteiger partial charge in [0.1, 0.15) is 5.75 Å². The van der Waals surface area contributed by atoms with E-state index in [4.69, 9.17) is 5.73 Å². The van der Waals surface area contributed by atoms with Crippen LogP contribution in [-0.4, -0.2) is 22.4 Å². The van der Waals surface area contributed by atoms with Gasteiger partial charge in [0.15, 0.2) is 0 Å². The zero-order valence-corrected chi connectivity index (χ0v) is 10.7. The second-order valence-electron chi connectivity index (χ2n) is 5.90. The molecule has 0 heterocycles. The van der Waals surface area contributed by atoms with Gasteiger partial charge in [-0.1, -0.05) is 25.3 Å². The lowest BCUT2D eigenvalue weighted by atomic mass is 9.52. The standard InChI is InChI=1S/C15H21NO2/c16-10-14(15(18)6-2-1-3-7-15)9-11-8-12(17)4-5-13(11)14/h4-5,8,17-18H,1-3,6-7,9-10,16H2. The molecule has 1 saturated carbocycles. The van der Waals surface area contributed by atoms with Crippen molar-refractivity contribution in [1.29, 1.82) is 0 Å². The van der Waals surface area contributed by atoms with Gasteiger partial charge in [0.2, 0.25) is 0 Å². The van der Waals surface area contributed by atoms with Crippen molar-refractivity contribution in [1.82, 2.24) is 0 Å². The molecule has 3 rings (SSSR count). The van der Waals surface area contributed by atoms with Gasteiger partial charge in [-0.3, -0.25) is 0 Å². The van der Waals surface area contributed by atoms with E-state index in [0.717, 1.165) is 43.2 Å². The van der Waals surface area contributed by atoms with Crippen molar-refractivity contribution in [2.24, 2.45) is 5.73 Å². The van der Waals surface area contributed by atoms with Gasteiger partial charge in [-0.05, 0) is 42.5 Å². The van der Waals surface area contributed by atoms with E-state index in [-0.39, 0.29) is 5.41 Å². The Kier molecular flexibility index (Phi) is 2.65. The first kappa shape index (κ1) is 12.0. The highest BCUT2D eigenvalue weighted by atomic mass is 16.3. The minimum Gasteiger partial charge on any atom is -0.508 e. The van der Waals surface area contributed by atoms with E-state index in [9.17, 15) is 10.2 Å². The van der Waals surface area contributed by atoms with Crippen LogP contribution >= 0.6 is 0 Å². The fraction of sp³-hybridized carbons (Fsp3) is 0.600. The summed E-state index contributed by atoms with van der Waals surface area (Å²) in [6.07, 6.45) is 5.89. The number of hydrogen-bond donors (Lipinski definition) is 3. The molecule has 0 spiro atoms. The zero-order chi connectivity index (χ0) is 12.8. The molecule has 1 fully saturated rings. The van der Waals surface area contributed by atoms with Crippen molar-refractivity contribution in [2.75, 3.05) is 6.54 Å². The predicted molar refractivity (Wildman–Crippen MR) is 70.6 cm³/mol. The highest BCUT2D eigenvalue weighted by Crippen LogP contribution is 2.53. The van der Waals surface area contributed by atoms with E-state index in [1.54, 1.807) is 12.1 Å². The first-order valence-corrected chi connectivity index (χ1v) is 6.86. The predicted octanol–water partition coefficient (Wildman–Crippen LogP) is 1.84. The number of benzene rings is 1. The molecule has 0 saturated heterocycles. The number of phenols is 1. The molecule has 2 aliphatic carbocycles. The average Bonchev–Trinajstić information content (AvgIpc) is 2.33. The number of rotatable bonds is 2. The Balaban J connectivity index is 2.00. The first-order chi connectivity index (χ1) is 8.61. The van der Waals surface area contributed by atoms with Crippen LogP contribution in [0.25, 0.3) is 0 Å². The fourth-order valence-electron chi connectivity index (χ4n) is 3.91. The molecular formula is C15H21NO2. The second kappa shape index (κ2) is 3.97. The normalized spacial score (nSPS) is 29.4. The molecule has 1 unspecified atom stereocenters. The quantitative estimate of drug-likeness (QED) is 0.747. The first-order valence-electron chi connectivity index (χ1n) is 6.86. The zero-order valence-electron chi connectivity index (χ0n) is 10.7. The molecule has 1 aromatic rings. The second-order valence-corrected chi connectivity index (χ2v) is 5.90. The van der Waals surface area contributed by atoms with Crippen LogP contribution in [0, 0.1) is 0 Å². The van der Waals surface area contributed by atoms with E-state index in [1.807, 2.05) is 6.07 Å². The smallest absolute Gasteiger partial charge is 0.115 e. The maximum atomic E-state index is 11.0. The monoisotopic (exact) mass is 247 g/mol. The van der Waals surface area contributed by atoms with Crippen molar-refractivity contribution in [2.45, 2.75) is 49.5 Å². The molecule has 98 valence electrons. The molecule has 0 aliphatic heterocycles. The molecular weight excluding hydrogens is 226 g/mol. The van der Waals surface area contributed by atoms with Crippen LogP contribution in [0.4, 0.5) is 0 Å². The Morgan fingerprint density at radius 2 is 1.89 bits per heavy atom.